The number of aromatic nitrogens is 3. The number of aromatic amines is 1. The summed E-state index contributed by atoms with van der Waals surface area (Å²) in [7, 11) is 0. The number of amides is 1. The molecule has 3 heterocycles. The van der Waals surface area contributed by atoms with Crippen LogP contribution in [-0.2, 0) is 6.42 Å². The molecule has 0 spiro atoms. The molecule has 0 fully saturated rings. The SMILES string of the molecule is CC(C)(C)[C@](COc1cnc(Cl)c(-c2ccc3[nH]ncc3c2)c1)(Cc1csc2ccccc12)NC(=O)O. The third-order valence-corrected chi connectivity index (χ3v) is 8.20. The number of carbonyl (C=O) groups is 1. The Labute approximate surface area is 223 Å². The van der Waals surface area contributed by atoms with Crippen LogP contribution in [0.15, 0.2) is 66.3 Å². The van der Waals surface area contributed by atoms with E-state index in [0.29, 0.717) is 17.3 Å². The van der Waals surface area contributed by atoms with Crippen molar-refractivity contribution < 1.29 is 14.6 Å². The van der Waals surface area contributed by atoms with E-state index >= 15 is 0 Å². The third kappa shape index (κ3) is 4.99. The van der Waals surface area contributed by atoms with E-state index < -0.39 is 17.0 Å². The summed E-state index contributed by atoms with van der Waals surface area (Å²) in [5, 5.41) is 24.2. The fourth-order valence-corrected chi connectivity index (χ4v) is 5.70. The Bertz CT molecular complexity index is 1590. The molecule has 0 unspecified atom stereocenters. The van der Waals surface area contributed by atoms with Crippen molar-refractivity contribution in [3.05, 3.63) is 77.0 Å². The normalized spacial score (nSPS) is 13.5. The molecule has 9 heteroatoms. The number of halogens is 1. The first-order valence-electron chi connectivity index (χ1n) is 11.8. The summed E-state index contributed by atoms with van der Waals surface area (Å²) < 4.78 is 7.45. The first kappa shape index (κ1) is 25.0. The number of H-pyrrole nitrogens is 1. The number of pyridine rings is 1. The number of hydrogen-bond donors (Lipinski definition) is 3. The second-order valence-corrected chi connectivity index (χ2v) is 11.4. The molecule has 7 nitrogen and oxygen atoms in total. The summed E-state index contributed by atoms with van der Waals surface area (Å²) >= 11 is 8.11. The molecule has 190 valence electrons. The van der Waals surface area contributed by atoms with Gasteiger partial charge in [-0.1, -0.05) is 56.6 Å². The molecule has 3 N–H and O–H groups in total. The van der Waals surface area contributed by atoms with Crippen LogP contribution in [0.4, 0.5) is 4.79 Å². The van der Waals surface area contributed by atoms with Gasteiger partial charge in [0.25, 0.3) is 0 Å². The Balaban J connectivity index is 1.48. The maximum absolute atomic E-state index is 12.0. The van der Waals surface area contributed by atoms with Crippen LogP contribution >= 0.6 is 22.9 Å². The molecule has 5 rings (SSSR count). The minimum Gasteiger partial charge on any atom is -0.489 e. The summed E-state index contributed by atoms with van der Waals surface area (Å²) in [5.41, 5.74) is 2.22. The molecule has 0 aliphatic carbocycles. The molecule has 1 atom stereocenters. The Hall–Kier alpha value is -3.62. The summed E-state index contributed by atoms with van der Waals surface area (Å²) in [4.78, 5) is 16.4. The first-order chi connectivity index (χ1) is 17.6. The van der Waals surface area contributed by atoms with E-state index in [1.807, 2.05) is 57.2 Å². The van der Waals surface area contributed by atoms with Crippen molar-refractivity contribution in [1.82, 2.24) is 20.5 Å². The molecule has 0 aliphatic rings. The quantitative estimate of drug-likeness (QED) is 0.192. The van der Waals surface area contributed by atoms with Gasteiger partial charge in [-0.25, -0.2) is 9.78 Å². The largest absolute Gasteiger partial charge is 0.489 e. The summed E-state index contributed by atoms with van der Waals surface area (Å²) in [6.07, 6.45) is 2.69. The van der Waals surface area contributed by atoms with Crippen molar-refractivity contribution in [2.45, 2.75) is 32.7 Å². The number of rotatable bonds is 7. The zero-order chi connectivity index (χ0) is 26.2. The minimum atomic E-state index is -1.10. The number of hydrogen-bond acceptors (Lipinski definition) is 5. The van der Waals surface area contributed by atoms with Gasteiger partial charge in [-0.3, -0.25) is 5.10 Å². The van der Waals surface area contributed by atoms with Gasteiger partial charge in [0.05, 0.1) is 23.4 Å². The lowest BCUT2D eigenvalue weighted by atomic mass is 9.70. The second kappa shape index (κ2) is 9.68. The highest BCUT2D eigenvalue weighted by molar-refractivity contribution is 7.17. The van der Waals surface area contributed by atoms with Crippen molar-refractivity contribution in [3.8, 4) is 16.9 Å². The van der Waals surface area contributed by atoms with Crippen LogP contribution in [0.2, 0.25) is 5.15 Å². The van der Waals surface area contributed by atoms with Crippen LogP contribution < -0.4 is 10.1 Å². The van der Waals surface area contributed by atoms with E-state index in [1.54, 1.807) is 23.7 Å². The van der Waals surface area contributed by atoms with Gasteiger partial charge in [0.1, 0.15) is 17.5 Å². The van der Waals surface area contributed by atoms with Crippen LogP contribution in [0.3, 0.4) is 0 Å². The Morgan fingerprint density at radius 2 is 1.97 bits per heavy atom. The van der Waals surface area contributed by atoms with E-state index in [4.69, 9.17) is 16.3 Å². The standard InChI is InChI=1S/C28H27ClN4O3S/c1-27(2,3)28(32-26(34)35,12-19-15-37-24-7-5-4-6-21(19)24)16-36-20-11-22(25(29)30-14-20)17-8-9-23-18(10-17)13-31-33-23/h4-11,13-15,32H,12,16H2,1-3H3,(H,31,33)(H,34,35)/t28-/m1/s1. The van der Waals surface area contributed by atoms with Gasteiger partial charge in [-0.2, -0.15) is 5.10 Å². The van der Waals surface area contributed by atoms with Crippen molar-refractivity contribution in [2.24, 2.45) is 5.41 Å². The number of nitrogens with one attached hydrogen (secondary N) is 2. The summed E-state index contributed by atoms with van der Waals surface area (Å²) in [5.74, 6) is 0.502. The lowest BCUT2D eigenvalue weighted by Gasteiger charge is -2.44. The Kier molecular flexibility index (Phi) is 6.56. The molecule has 0 saturated heterocycles. The molecule has 3 aromatic heterocycles. The maximum Gasteiger partial charge on any atom is 0.405 e. The average molecular weight is 535 g/mol. The number of ether oxygens (including phenoxy) is 1. The number of fused-ring (bicyclic) bond motifs is 2. The van der Waals surface area contributed by atoms with E-state index in [-0.39, 0.29) is 6.61 Å². The molecule has 2 aromatic carbocycles. The predicted octanol–water partition coefficient (Wildman–Crippen LogP) is 7.17. The molecule has 0 aliphatic heterocycles. The van der Waals surface area contributed by atoms with Crippen molar-refractivity contribution in [3.63, 3.8) is 0 Å². The zero-order valence-corrected chi connectivity index (χ0v) is 22.3. The van der Waals surface area contributed by atoms with Crippen LogP contribution in [0.1, 0.15) is 26.3 Å². The molecule has 0 saturated carbocycles. The average Bonchev–Trinajstić information content (AvgIpc) is 3.49. The van der Waals surface area contributed by atoms with E-state index in [2.05, 4.69) is 38.0 Å². The minimum absolute atomic E-state index is 0.108. The Morgan fingerprint density at radius 3 is 2.76 bits per heavy atom. The Morgan fingerprint density at radius 1 is 1.16 bits per heavy atom. The van der Waals surface area contributed by atoms with E-state index in [9.17, 15) is 9.90 Å². The van der Waals surface area contributed by atoms with Gasteiger partial charge < -0.3 is 15.2 Å². The lowest BCUT2D eigenvalue weighted by molar-refractivity contribution is 0.0689. The molecule has 37 heavy (non-hydrogen) atoms. The van der Waals surface area contributed by atoms with Crippen LogP contribution in [0, 0.1) is 5.41 Å². The van der Waals surface area contributed by atoms with Crippen molar-refractivity contribution >= 4 is 50.0 Å². The number of nitrogens with zero attached hydrogens (tertiary/aromatic N) is 2. The molecular formula is C28H27ClN4O3S. The van der Waals surface area contributed by atoms with Crippen LogP contribution in [0.5, 0.6) is 5.75 Å². The highest BCUT2D eigenvalue weighted by Gasteiger charge is 2.45. The lowest BCUT2D eigenvalue weighted by Crippen LogP contribution is -2.62. The molecule has 0 radical (unpaired) electrons. The number of carboxylic acid groups (broad SMARTS) is 1. The third-order valence-electron chi connectivity index (χ3n) is 6.89. The smallest absolute Gasteiger partial charge is 0.405 e. The first-order valence-corrected chi connectivity index (χ1v) is 13.1. The van der Waals surface area contributed by atoms with Gasteiger partial charge in [-0.05, 0) is 51.6 Å². The number of benzene rings is 2. The topological polar surface area (TPSA) is 100 Å². The monoisotopic (exact) mass is 534 g/mol. The predicted molar refractivity (Wildman–Crippen MR) is 149 cm³/mol. The van der Waals surface area contributed by atoms with Gasteiger partial charge in [0, 0.05) is 22.1 Å². The molecule has 1 amide bonds. The fraction of sp³-hybridized carbons (Fsp3) is 0.250. The van der Waals surface area contributed by atoms with Crippen LogP contribution in [0.25, 0.3) is 32.1 Å². The van der Waals surface area contributed by atoms with E-state index in [0.717, 1.165) is 37.7 Å². The van der Waals surface area contributed by atoms with Crippen LogP contribution in [-0.4, -0.2) is 38.5 Å². The highest BCUT2D eigenvalue weighted by Crippen LogP contribution is 2.38. The second-order valence-electron chi connectivity index (χ2n) is 10.2. The summed E-state index contributed by atoms with van der Waals surface area (Å²) in [6, 6.07) is 15.9. The van der Waals surface area contributed by atoms with Gasteiger partial charge in [0.15, 0.2) is 0 Å². The molecule has 5 aromatic rings. The maximum atomic E-state index is 12.0. The molecule has 0 bridgehead atoms. The van der Waals surface area contributed by atoms with Gasteiger partial charge in [0.2, 0.25) is 0 Å². The fourth-order valence-electron chi connectivity index (χ4n) is 4.53. The van der Waals surface area contributed by atoms with Gasteiger partial charge >= 0.3 is 6.09 Å². The van der Waals surface area contributed by atoms with Crippen molar-refractivity contribution in [1.29, 1.82) is 0 Å². The van der Waals surface area contributed by atoms with Gasteiger partial charge in [-0.15, -0.1) is 11.3 Å². The number of thiophene rings is 1. The van der Waals surface area contributed by atoms with Crippen molar-refractivity contribution in [2.75, 3.05) is 6.61 Å². The molecular weight excluding hydrogens is 508 g/mol. The highest BCUT2D eigenvalue weighted by atomic mass is 35.5. The van der Waals surface area contributed by atoms with E-state index in [1.165, 1.54) is 0 Å². The zero-order valence-electron chi connectivity index (χ0n) is 20.7. The summed E-state index contributed by atoms with van der Waals surface area (Å²) in [6.45, 7) is 6.17.